The van der Waals surface area contributed by atoms with E-state index in [1.165, 1.54) is 43.5 Å². The molecule has 0 radical (unpaired) electrons. The Kier molecular flexibility index (Phi) is 6.78. The van der Waals surface area contributed by atoms with Gasteiger partial charge in [0.05, 0.1) is 33.3 Å². The molecule has 3 aromatic carbocycles. The minimum Gasteiger partial charge on any atom is -0.495 e. The number of halogens is 1. The monoisotopic (exact) mass is 480 g/mol. The Hall–Kier alpha value is -2.75. The third-order valence-electron chi connectivity index (χ3n) is 4.49. The number of ether oxygens (including phenoxy) is 1. The van der Waals surface area contributed by atoms with Crippen LogP contribution in [0.2, 0.25) is 5.02 Å². The van der Waals surface area contributed by atoms with Crippen molar-refractivity contribution in [1.82, 2.24) is 0 Å². The van der Waals surface area contributed by atoms with Crippen molar-refractivity contribution in [2.45, 2.75) is 23.1 Å². The summed E-state index contributed by atoms with van der Waals surface area (Å²) >= 11 is 6.03. The number of methoxy groups -OCH3 is 1. The molecular formula is C21H21ClN2O5S2. The van der Waals surface area contributed by atoms with Crippen molar-refractivity contribution in [1.29, 1.82) is 0 Å². The number of benzene rings is 3. The molecule has 2 N–H and O–H groups in total. The zero-order chi connectivity index (χ0) is 22.6. The van der Waals surface area contributed by atoms with Crippen molar-refractivity contribution >= 4 is 43.0 Å². The van der Waals surface area contributed by atoms with E-state index in [4.69, 9.17) is 16.3 Å². The molecule has 0 amide bonds. The van der Waals surface area contributed by atoms with E-state index in [2.05, 4.69) is 9.44 Å². The molecule has 0 saturated heterocycles. The standard InChI is InChI=1S/C21H21ClN2O5S2/c1-3-15-8-10-16(11-9-15)30(25,26)24-20-14-17(12-13-21(20)29-2)31(27,28)23-19-7-5-4-6-18(19)22/h4-14,23-24H,3H2,1-2H3. The van der Waals surface area contributed by atoms with Gasteiger partial charge in [-0.3, -0.25) is 9.44 Å². The minimum absolute atomic E-state index is 0.0101. The van der Waals surface area contributed by atoms with Gasteiger partial charge >= 0.3 is 0 Å². The summed E-state index contributed by atoms with van der Waals surface area (Å²) in [6.07, 6.45) is 0.778. The second-order valence-electron chi connectivity index (χ2n) is 6.55. The van der Waals surface area contributed by atoms with Crippen LogP contribution in [0, 0.1) is 0 Å². The van der Waals surface area contributed by atoms with Gasteiger partial charge in [-0.15, -0.1) is 0 Å². The number of hydrogen-bond acceptors (Lipinski definition) is 5. The highest BCUT2D eigenvalue weighted by atomic mass is 35.5. The predicted molar refractivity (Wildman–Crippen MR) is 122 cm³/mol. The fourth-order valence-electron chi connectivity index (χ4n) is 2.79. The Morgan fingerprint density at radius 2 is 1.39 bits per heavy atom. The summed E-state index contributed by atoms with van der Waals surface area (Å²) in [4.78, 5) is -0.110. The smallest absolute Gasteiger partial charge is 0.262 e. The molecule has 0 aliphatic carbocycles. The molecule has 0 aliphatic heterocycles. The Morgan fingerprint density at radius 3 is 2.00 bits per heavy atom. The lowest BCUT2D eigenvalue weighted by atomic mass is 10.2. The molecule has 10 heteroatoms. The van der Waals surface area contributed by atoms with Crippen LogP contribution >= 0.6 is 11.6 Å². The molecule has 0 unspecified atom stereocenters. The average molecular weight is 481 g/mol. The largest absolute Gasteiger partial charge is 0.495 e. The van der Waals surface area contributed by atoms with Crippen molar-refractivity contribution in [2.75, 3.05) is 16.6 Å². The molecule has 0 atom stereocenters. The van der Waals surface area contributed by atoms with Crippen molar-refractivity contribution in [3.63, 3.8) is 0 Å². The summed E-state index contributed by atoms with van der Waals surface area (Å²) in [5.74, 6) is 0.172. The SMILES string of the molecule is CCc1ccc(S(=O)(=O)Nc2cc(S(=O)(=O)Nc3ccccc3Cl)ccc2OC)cc1. The molecule has 0 spiro atoms. The van der Waals surface area contributed by atoms with Crippen molar-refractivity contribution in [3.05, 3.63) is 77.3 Å². The third-order valence-corrected chi connectivity index (χ3v) is 7.56. The zero-order valence-electron chi connectivity index (χ0n) is 16.8. The maximum atomic E-state index is 12.8. The Bertz CT molecular complexity index is 1290. The van der Waals surface area contributed by atoms with Gasteiger partial charge in [0.2, 0.25) is 0 Å². The van der Waals surface area contributed by atoms with Gasteiger partial charge in [-0.05, 0) is 54.4 Å². The van der Waals surface area contributed by atoms with Crippen LogP contribution in [0.1, 0.15) is 12.5 Å². The highest BCUT2D eigenvalue weighted by Gasteiger charge is 2.21. The quantitative estimate of drug-likeness (QED) is 0.493. The lowest BCUT2D eigenvalue weighted by Gasteiger charge is -2.15. The number of nitrogens with one attached hydrogen (secondary N) is 2. The van der Waals surface area contributed by atoms with Crippen LogP contribution in [0.4, 0.5) is 11.4 Å². The van der Waals surface area contributed by atoms with E-state index in [0.717, 1.165) is 12.0 Å². The van der Waals surface area contributed by atoms with Crippen LogP contribution in [-0.4, -0.2) is 23.9 Å². The Morgan fingerprint density at radius 1 is 0.806 bits per heavy atom. The van der Waals surface area contributed by atoms with Gasteiger partial charge in [0, 0.05) is 0 Å². The normalized spacial score (nSPS) is 11.7. The first-order valence-electron chi connectivity index (χ1n) is 9.23. The van der Waals surface area contributed by atoms with E-state index in [0.29, 0.717) is 0 Å². The fraction of sp³-hybridized carbons (Fsp3) is 0.143. The summed E-state index contributed by atoms with van der Waals surface area (Å²) in [6.45, 7) is 1.97. The van der Waals surface area contributed by atoms with Crippen LogP contribution in [0.25, 0.3) is 0 Å². The molecule has 0 saturated carbocycles. The Labute approximate surface area is 187 Å². The van der Waals surface area contributed by atoms with Gasteiger partial charge in [-0.25, -0.2) is 16.8 Å². The molecule has 0 bridgehead atoms. The van der Waals surface area contributed by atoms with Crippen molar-refractivity contribution < 1.29 is 21.6 Å². The van der Waals surface area contributed by atoms with Crippen LogP contribution < -0.4 is 14.2 Å². The van der Waals surface area contributed by atoms with Gasteiger partial charge in [-0.1, -0.05) is 42.8 Å². The van der Waals surface area contributed by atoms with E-state index >= 15 is 0 Å². The number of anilines is 2. The fourth-order valence-corrected chi connectivity index (χ4v) is 5.20. The summed E-state index contributed by atoms with van der Waals surface area (Å²) in [5.41, 5.74) is 1.19. The molecule has 3 rings (SSSR count). The van der Waals surface area contributed by atoms with Crippen LogP contribution in [-0.2, 0) is 26.5 Å². The maximum Gasteiger partial charge on any atom is 0.262 e. The first-order valence-corrected chi connectivity index (χ1v) is 12.6. The molecule has 7 nitrogen and oxygen atoms in total. The number of para-hydroxylation sites is 1. The minimum atomic E-state index is -4.04. The number of hydrogen-bond donors (Lipinski definition) is 2. The number of rotatable bonds is 8. The van der Waals surface area contributed by atoms with Crippen molar-refractivity contribution in [2.24, 2.45) is 0 Å². The zero-order valence-corrected chi connectivity index (χ0v) is 19.2. The van der Waals surface area contributed by atoms with Gasteiger partial charge in [-0.2, -0.15) is 0 Å². The van der Waals surface area contributed by atoms with E-state index in [-0.39, 0.29) is 31.9 Å². The number of aryl methyl sites for hydroxylation is 1. The average Bonchev–Trinajstić information content (AvgIpc) is 2.75. The second-order valence-corrected chi connectivity index (χ2v) is 10.3. The molecule has 0 fully saturated rings. The molecule has 0 aliphatic rings. The lowest BCUT2D eigenvalue weighted by Crippen LogP contribution is -2.16. The van der Waals surface area contributed by atoms with Gasteiger partial charge in [0.25, 0.3) is 20.0 Å². The van der Waals surface area contributed by atoms with Crippen LogP contribution in [0.3, 0.4) is 0 Å². The topological polar surface area (TPSA) is 102 Å². The molecule has 3 aromatic rings. The van der Waals surface area contributed by atoms with E-state index in [9.17, 15) is 16.8 Å². The summed E-state index contributed by atoms with van der Waals surface area (Å²) in [5, 5.41) is 0.232. The lowest BCUT2D eigenvalue weighted by molar-refractivity contribution is 0.416. The molecule has 0 heterocycles. The van der Waals surface area contributed by atoms with Gasteiger partial charge in [0.15, 0.2) is 0 Å². The highest BCUT2D eigenvalue weighted by molar-refractivity contribution is 7.93. The summed E-state index contributed by atoms with van der Waals surface area (Å²) in [7, 11) is -6.64. The van der Waals surface area contributed by atoms with E-state index in [1.807, 2.05) is 6.92 Å². The van der Waals surface area contributed by atoms with Crippen molar-refractivity contribution in [3.8, 4) is 5.75 Å². The molecular weight excluding hydrogens is 460 g/mol. The Balaban J connectivity index is 1.95. The summed E-state index contributed by atoms with van der Waals surface area (Å²) in [6, 6.07) is 16.7. The second kappa shape index (κ2) is 9.17. The van der Waals surface area contributed by atoms with E-state index in [1.54, 1.807) is 30.3 Å². The van der Waals surface area contributed by atoms with Crippen LogP contribution in [0.5, 0.6) is 5.75 Å². The highest BCUT2D eigenvalue weighted by Crippen LogP contribution is 2.31. The molecule has 164 valence electrons. The summed E-state index contributed by atoms with van der Waals surface area (Å²) < 4.78 is 61.3. The maximum absolute atomic E-state index is 12.8. The first kappa shape index (κ1) is 22.9. The predicted octanol–water partition coefficient (Wildman–Crippen LogP) is 4.51. The molecule has 31 heavy (non-hydrogen) atoms. The number of sulfonamides is 2. The first-order chi connectivity index (χ1) is 14.7. The third kappa shape index (κ3) is 5.30. The molecule has 0 aromatic heterocycles. The van der Waals surface area contributed by atoms with Gasteiger partial charge in [0.1, 0.15) is 5.75 Å². The van der Waals surface area contributed by atoms with E-state index < -0.39 is 20.0 Å². The van der Waals surface area contributed by atoms with Crippen LogP contribution in [0.15, 0.2) is 76.5 Å². The van der Waals surface area contributed by atoms with Gasteiger partial charge < -0.3 is 4.74 Å².